The summed E-state index contributed by atoms with van der Waals surface area (Å²) in [5.74, 6) is -1.46. The number of benzene rings is 6. The number of amides is 6. The molecule has 18 nitrogen and oxygen atoms in total. The highest BCUT2D eigenvalue weighted by atomic mass is 16.5. The number of carbonyl (C=O) groups is 6. The summed E-state index contributed by atoms with van der Waals surface area (Å²) < 4.78 is 21.3. The first kappa shape index (κ1) is 77.0. The molecule has 6 aromatic carbocycles. The first-order chi connectivity index (χ1) is 46.8. The standard InChI is InChI=1S/C79H106N6O12/c1-55-34-40-61(41-35-55)80-77(92)83-64-49-58(4)74(95-46-28-22-16-10-7-13-19-25-31-70(86)87)67(52-64)73(68-53-65(84-78(93)81-62-42-36-56(2)37-43-62)50-59(5)75(68)96-47-29-23-17-11-8-14-20-26-32-71(88)89)69-54-66(85-79(94)82-63-44-38-57(3)39-45-63)51-60(6)76(69)97-48-30-24-18-12-9-15-21-27-33-72(90)91/h34-45,49-54,73H,7-33,46-48H2,1-6H3,(H,86,87)(H,88,89)(H,90,91)(H2,80,83,92)(H2,81,84,93)(H2,82,85,94). The van der Waals surface area contributed by atoms with Crippen LogP contribution in [0, 0.1) is 41.5 Å². The van der Waals surface area contributed by atoms with Gasteiger partial charge in [-0.3, -0.25) is 14.4 Å². The van der Waals surface area contributed by atoms with Gasteiger partial charge < -0.3 is 61.4 Å². The van der Waals surface area contributed by atoms with Crippen molar-refractivity contribution in [2.45, 2.75) is 221 Å². The number of nitrogens with one attached hydrogen (secondary N) is 6. The number of ether oxygens (including phenoxy) is 3. The van der Waals surface area contributed by atoms with E-state index < -0.39 is 41.9 Å². The maximum absolute atomic E-state index is 14.2. The highest BCUT2D eigenvalue weighted by Crippen LogP contribution is 2.50. The minimum atomic E-state index is -0.856. The predicted octanol–water partition coefficient (Wildman–Crippen LogP) is 20.6. The fourth-order valence-electron chi connectivity index (χ4n) is 12.0. The van der Waals surface area contributed by atoms with Crippen molar-refractivity contribution in [2.75, 3.05) is 51.7 Å². The molecule has 0 spiro atoms. The molecular formula is C79H106N6O12. The molecular weight excluding hydrogens is 1220 g/mol. The maximum atomic E-state index is 14.2. The molecule has 0 aromatic heterocycles. The van der Waals surface area contributed by atoms with Crippen molar-refractivity contribution in [2.24, 2.45) is 0 Å². The summed E-state index contributed by atoms with van der Waals surface area (Å²) >= 11 is 0. The zero-order valence-electron chi connectivity index (χ0n) is 58.2. The topological polar surface area (TPSA) is 263 Å². The SMILES string of the molecule is Cc1ccc(NC(=O)Nc2cc(C)c(OCCCCCCCCCCC(=O)O)c(C(c3cc(NC(=O)Nc4ccc(C)cc4)cc(C)c3OCCCCCCCCCCC(=O)O)c3cc(NC(=O)Nc4ccc(C)cc4)cc(C)c3OCCCCCCCCCCC(=O)O)c2)cc1. The molecule has 6 rings (SSSR count). The largest absolute Gasteiger partial charge is 0.493 e. The van der Waals surface area contributed by atoms with Crippen LogP contribution >= 0.6 is 0 Å². The average Bonchev–Trinajstić information content (AvgIpc) is 0.753. The molecule has 524 valence electrons. The third-order valence-corrected chi connectivity index (χ3v) is 17.1. The van der Waals surface area contributed by atoms with E-state index in [-0.39, 0.29) is 19.3 Å². The molecule has 0 fully saturated rings. The van der Waals surface area contributed by atoms with Crippen LogP contribution in [0.3, 0.4) is 0 Å². The number of aliphatic carboxylic acids is 3. The van der Waals surface area contributed by atoms with Crippen molar-refractivity contribution in [1.29, 1.82) is 0 Å². The third kappa shape index (κ3) is 29.1. The Morgan fingerprint density at radius 2 is 0.495 bits per heavy atom. The number of hydrogen-bond donors (Lipinski definition) is 9. The van der Waals surface area contributed by atoms with Gasteiger partial charge in [0.15, 0.2) is 0 Å². The second-order valence-electron chi connectivity index (χ2n) is 25.9. The minimum Gasteiger partial charge on any atom is -0.493 e. The molecule has 0 heterocycles. The molecule has 0 bridgehead atoms. The molecule has 6 amide bonds. The summed E-state index contributed by atoms with van der Waals surface area (Å²) in [6.07, 6.45) is 22.1. The van der Waals surface area contributed by atoms with E-state index in [2.05, 4.69) is 31.9 Å². The van der Waals surface area contributed by atoms with Gasteiger partial charge in [-0.15, -0.1) is 0 Å². The fourth-order valence-corrected chi connectivity index (χ4v) is 12.0. The van der Waals surface area contributed by atoms with Crippen LogP contribution in [-0.2, 0) is 14.4 Å². The number of urea groups is 3. The van der Waals surface area contributed by atoms with Gasteiger partial charge in [0.1, 0.15) is 17.2 Å². The van der Waals surface area contributed by atoms with Crippen LogP contribution < -0.4 is 46.1 Å². The summed E-state index contributed by atoms with van der Waals surface area (Å²) in [7, 11) is 0. The Morgan fingerprint density at radius 1 is 0.289 bits per heavy atom. The fraction of sp³-hybridized carbons (Fsp3) is 0.468. The van der Waals surface area contributed by atoms with Crippen molar-refractivity contribution in [3.8, 4) is 17.2 Å². The molecule has 0 unspecified atom stereocenters. The van der Waals surface area contributed by atoms with Gasteiger partial charge in [0, 0.05) is 76.0 Å². The van der Waals surface area contributed by atoms with E-state index in [0.29, 0.717) is 107 Å². The van der Waals surface area contributed by atoms with Crippen molar-refractivity contribution in [3.63, 3.8) is 0 Å². The monoisotopic (exact) mass is 1330 g/mol. The summed E-state index contributed by atoms with van der Waals surface area (Å²) in [6.45, 7) is 12.9. The molecule has 0 aliphatic carbocycles. The molecule has 0 aliphatic heterocycles. The number of anilines is 6. The summed E-state index contributed by atoms with van der Waals surface area (Å²) in [5.41, 5.74) is 10.5. The first-order valence-electron chi connectivity index (χ1n) is 35.2. The lowest BCUT2D eigenvalue weighted by molar-refractivity contribution is -0.138. The lowest BCUT2D eigenvalue weighted by atomic mass is 9.80. The highest BCUT2D eigenvalue weighted by molar-refractivity contribution is 6.02. The maximum Gasteiger partial charge on any atom is 0.323 e. The van der Waals surface area contributed by atoms with Gasteiger partial charge in [0.25, 0.3) is 0 Å². The average molecular weight is 1330 g/mol. The van der Waals surface area contributed by atoms with Crippen LogP contribution in [-0.4, -0.2) is 71.1 Å². The Balaban J connectivity index is 1.50. The van der Waals surface area contributed by atoms with E-state index in [1.807, 2.05) is 151 Å². The van der Waals surface area contributed by atoms with Crippen LogP contribution in [0.5, 0.6) is 17.2 Å². The Morgan fingerprint density at radius 3 is 0.722 bits per heavy atom. The Labute approximate surface area is 574 Å². The van der Waals surface area contributed by atoms with E-state index in [1.54, 1.807) is 0 Å². The number of carbonyl (C=O) groups excluding carboxylic acids is 3. The van der Waals surface area contributed by atoms with Crippen molar-refractivity contribution < 1.29 is 58.3 Å². The van der Waals surface area contributed by atoms with Crippen molar-refractivity contribution >= 4 is 70.1 Å². The van der Waals surface area contributed by atoms with E-state index in [9.17, 15) is 28.8 Å². The highest BCUT2D eigenvalue weighted by Gasteiger charge is 2.32. The molecule has 6 aromatic rings. The number of aryl methyl sites for hydroxylation is 6. The van der Waals surface area contributed by atoms with Gasteiger partial charge in [-0.2, -0.15) is 0 Å². The summed E-state index contributed by atoms with van der Waals surface area (Å²) in [4.78, 5) is 75.9. The number of carboxylic acids is 3. The van der Waals surface area contributed by atoms with E-state index in [4.69, 9.17) is 29.5 Å². The molecule has 0 saturated carbocycles. The van der Waals surface area contributed by atoms with E-state index in [0.717, 1.165) is 168 Å². The van der Waals surface area contributed by atoms with Gasteiger partial charge in [0.2, 0.25) is 0 Å². The van der Waals surface area contributed by atoms with Crippen LogP contribution in [0.4, 0.5) is 48.5 Å². The number of carboxylic acid groups (broad SMARTS) is 3. The molecule has 18 heteroatoms. The second-order valence-corrected chi connectivity index (χ2v) is 25.9. The van der Waals surface area contributed by atoms with Gasteiger partial charge in [-0.1, -0.05) is 169 Å². The van der Waals surface area contributed by atoms with Gasteiger partial charge >= 0.3 is 36.0 Å². The van der Waals surface area contributed by atoms with E-state index in [1.165, 1.54) is 0 Å². The van der Waals surface area contributed by atoms with Crippen LogP contribution in [0.25, 0.3) is 0 Å². The zero-order valence-corrected chi connectivity index (χ0v) is 58.2. The molecule has 97 heavy (non-hydrogen) atoms. The molecule has 9 N–H and O–H groups in total. The molecule has 0 saturated heterocycles. The van der Waals surface area contributed by atoms with E-state index >= 15 is 0 Å². The van der Waals surface area contributed by atoms with Crippen molar-refractivity contribution in [3.05, 3.63) is 159 Å². The Kier molecular flexibility index (Phi) is 33.7. The third-order valence-electron chi connectivity index (χ3n) is 17.1. The number of unbranched alkanes of at least 4 members (excludes halogenated alkanes) is 21. The Hall–Kier alpha value is -9.06. The molecule has 0 atom stereocenters. The van der Waals surface area contributed by atoms with Gasteiger partial charge in [-0.25, -0.2) is 14.4 Å². The number of rotatable bonds is 45. The normalized spacial score (nSPS) is 11.0. The van der Waals surface area contributed by atoms with Crippen molar-refractivity contribution in [1.82, 2.24) is 0 Å². The smallest absolute Gasteiger partial charge is 0.323 e. The Bertz CT molecular complexity index is 3090. The molecule has 0 aliphatic rings. The second kappa shape index (κ2) is 42.5. The van der Waals surface area contributed by atoms with Crippen LogP contribution in [0.15, 0.2) is 109 Å². The summed E-state index contributed by atoms with van der Waals surface area (Å²) in [5, 5.41) is 45.8. The first-order valence-corrected chi connectivity index (χ1v) is 35.2. The quantitative estimate of drug-likeness (QED) is 0.0128. The van der Waals surface area contributed by atoms with Gasteiger partial charge in [0.05, 0.1) is 19.8 Å². The lowest BCUT2D eigenvalue weighted by Gasteiger charge is -2.29. The van der Waals surface area contributed by atoms with Gasteiger partial charge in [-0.05, 0) is 170 Å². The van der Waals surface area contributed by atoms with Crippen LogP contribution in [0.1, 0.15) is 229 Å². The van der Waals surface area contributed by atoms with Crippen LogP contribution in [0.2, 0.25) is 0 Å². The summed E-state index contributed by atoms with van der Waals surface area (Å²) in [6, 6.07) is 32.8. The zero-order chi connectivity index (χ0) is 69.7. The molecule has 0 radical (unpaired) electrons. The lowest BCUT2D eigenvalue weighted by Crippen LogP contribution is -2.21. The number of hydrogen-bond acceptors (Lipinski definition) is 9. The minimum absolute atomic E-state index is 0.185. The predicted molar refractivity (Wildman–Crippen MR) is 390 cm³/mol.